The molecular formula is C28H27ClN4S. The highest BCUT2D eigenvalue weighted by atomic mass is 35.5. The van der Waals surface area contributed by atoms with Gasteiger partial charge in [0, 0.05) is 71.4 Å². The van der Waals surface area contributed by atoms with Crippen LogP contribution in [0.15, 0.2) is 88.8 Å². The molecule has 1 fully saturated rings. The molecule has 0 bridgehead atoms. The molecular weight excluding hydrogens is 460 g/mol. The van der Waals surface area contributed by atoms with Gasteiger partial charge in [-0.3, -0.25) is 14.8 Å². The molecule has 0 spiro atoms. The van der Waals surface area contributed by atoms with Gasteiger partial charge < -0.3 is 5.32 Å². The fraction of sp³-hybridized carbons (Fsp3) is 0.250. The van der Waals surface area contributed by atoms with Crippen LogP contribution < -0.4 is 5.32 Å². The van der Waals surface area contributed by atoms with Crippen molar-refractivity contribution in [2.24, 2.45) is 0 Å². The molecule has 2 aliphatic rings. The minimum absolute atomic E-state index is 0.351. The van der Waals surface area contributed by atoms with Gasteiger partial charge in [0.25, 0.3) is 0 Å². The molecule has 1 saturated heterocycles. The molecule has 6 heteroatoms. The van der Waals surface area contributed by atoms with Gasteiger partial charge in [0.2, 0.25) is 0 Å². The summed E-state index contributed by atoms with van der Waals surface area (Å²) in [5.74, 6) is 0. The topological polar surface area (TPSA) is 31.4 Å². The zero-order valence-electron chi connectivity index (χ0n) is 19.0. The summed E-state index contributed by atoms with van der Waals surface area (Å²) >= 11 is 8.03. The standard InChI is InChI=1S/C28H27ClN4S/c29-20-9-10-21-24(11-12-30-25(21)19-20)31-13-14-32-15-17-33(18-16-32)28-22-5-1-3-7-26(22)34-27-8-4-2-6-23(27)28/h1-12,19,28H,13-18H2,(H,30,31). The molecule has 4 nitrogen and oxygen atoms in total. The van der Waals surface area contributed by atoms with Crippen molar-refractivity contribution in [3.05, 3.63) is 95.1 Å². The van der Waals surface area contributed by atoms with E-state index in [9.17, 15) is 0 Å². The number of hydrogen-bond acceptors (Lipinski definition) is 5. The SMILES string of the molecule is Clc1ccc2c(NCCN3CCN(C4c5ccccc5Sc5ccccc54)CC3)ccnc2c1. The Morgan fingerprint density at radius 1 is 0.882 bits per heavy atom. The maximum absolute atomic E-state index is 6.13. The summed E-state index contributed by atoms with van der Waals surface area (Å²) in [5.41, 5.74) is 4.95. The van der Waals surface area contributed by atoms with E-state index in [-0.39, 0.29) is 0 Å². The van der Waals surface area contributed by atoms with Gasteiger partial charge in [-0.1, -0.05) is 59.8 Å². The average Bonchev–Trinajstić information content (AvgIpc) is 2.87. The molecule has 0 radical (unpaired) electrons. The van der Waals surface area contributed by atoms with E-state index in [0.717, 1.165) is 60.9 Å². The number of nitrogens with one attached hydrogen (secondary N) is 1. The number of aromatic nitrogens is 1. The highest BCUT2D eigenvalue weighted by Crippen LogP contribution is 2.47. The van der Waals surface area contributed by atoms with Crippen LogP contribution >= 0.6 is 23.4 Å². The van der Waals surface area contributed by atoms with Crippen molar-refractivity contribution in [2.75, 3.05) is 44.6 Å². The Morgan fingerprint density at radius 2 is 1.59 bits per heavy atom. The zero-order chi connectivity index (χ0) is 22.9. The molecule has 172 valence electrons. The number of rotatable bonds is 5. The fourth-order valence-corrected chi connectivity index (χ4v) is 6.44. The minimum Gasteiger partial charge on any atom is -0.383 e. The van der Waals surface area contributed by atoms with Gasteiger partial charge in [-0.05, 0) is 47.5 Å². The Hall–Kier alpha value is -2.57. The quantitative estimate of drug-likeness (QED) is 0.364. The van der Waals surface area contributed by atoms with E-state index in [0.29, 0.717) is 6.04 Å². The van der Waals surface area contributed by atoms with Crippen molar-refractivity contribution >= 4 is 40.0 Å². The molecule has 0 unspecified atom stereocenters. The summed E-state index contributed by atoms with van der Waals surface area (Å²) in [5, 5.41) is 5.45. The lowest BCUT2D eigenvalue weighted by Gasteiger charge is -2.42. The van der Waals surface area contributed by atoms with Gasteiger partial charge >= 0.3 is 0 Å². The first-order chi connectivity index (χ1) is 16.8. The van der Waals surface area contributed by atoms with Crippen LogP contribution in [-0.2, 0) is 0 Å². The van der Waals surface area contributed by atoms with Crippen LogP contribution in [0, 0.1) is 0 Å². The van der Waals surface area contributed by atoms with Crippen LogP contribution in [-0.4, -0.2) is 54.1 Å². The first-order valence-electron chi connectivity index (χ1n) is 11.9. The Labute approximate surface area is 209 Å². The number of fused-ring (bicyclic) bond motifs is 3. The number of anilines is 1. The Balaban J connectivity index is 1.10. The molecule has 6 rings (SSSR count). The lowest BCUT2D eigenvalue weighted by atomic mass is 9.95. The smallest absolute Gasteiger partial charge is 0.0737 e. The maximum atomic E-state index is 6.13. The molecule has 0 aliphatic carbocycles. The number of benzene rings is 3. The van der Waals surface area contributed by atoms with E-state index in [1.165, 1.54) is 20.9 Å². The largest absolute Gasteiger partial charge is 0.383 e. The summed E-state index contributed by atoms with van der Waals surface area (Å²) in [4.78, 5) is 12.5. The Bertz CT molecular complexity index is 1270. The second kappa shape index (κ2) is 9.59. The van der Waals surface area contributed by atoms with E-state index < -0.39 is 0 Å². The maximum Gasteiger partial charge on any atom is 0.0737 e. The van der Waals surface area contributed by atoms with Gasteiger partial charge in [-0.15, -0.1) is 0 Å². The summed E-state index contributed by atoms with van der Waals surface area (Å²) in [6, 6.07) is 26.1. The lowest BCUT2D eigenvalue weighted by Crippen LogP contribution is -2.49. The van der Waals surface area contributed by atoms with Gasteiger partial charge in [0.05, 0.1) is 11.6 Å². The monoisotopic (exact) mass is 486 g/mol. The molecule has 0 atom stereocenters. The number of halogens is 1. The zero-order valence-corrected chi connectivity index (χ0v) is 20.5. The molecule has 34 heavy (non-hydrogen) atoms. The lowest BCUT2D eigenvalue weighted by molar-refractivity contribution is 0.110. The first kappa shape index (κ1) is 21.9. The van der Waals surface area contributed by atoms with Crippen LogP contribution in [0.1, 0.15) is 17.2 Å². The number of hydrogen-bond donors (Lipinski definition) is 1. The van der Waals surface area contributed by atoms with E-state index in [4.69, 9.17) is 11.6 Å². The fourth-order valence-electron chi connectivity index (χ4n) is 5.15. The second-order valence-electron chi connectivity index (χ2n) is 8.90. The van der Waals surface area contributed by atoms with E-state index in [2.05, 4.69) is 68.6 Å². The normalized spacial score (nSPS) is 16.9. The third-order valence-corrected chi connectivity index (χ3v) is 8.29. The Morgan fingerprint density at radius 3 is 2.32 bits per heavy atom. The van der Waals surface area contributed by atoms with Crippen molar-refractivity contribution in [2.45, 2.75) is 15.8 Å². The van der Waals surface area contributed by atoms with E-state index in [1.54, 1.807) is 0 Å². The predicted octanol–water partition coefficient (Wildman–Crippen LogP) is 6.17. The molecule has 0 amide bonds. The first-order valence-corrected chi connectivity index (χ1v) is 13.1. The second-order valence-corrected chi connectivity index (χ2v) is 10.4. The van der Waals surface area contributed by atoms with Gasteiger partial charge in [-0.25, -0.2) is 0 Å². The van der Waals surface area contributed by atoms with Gasteiger partial charge in [0.1, 0.15) is 0 Å². The summed E-state index contributed by atoms with van der Waals surface area (Å²) in [6.45, 7) is 6.26. The van der Waals surface area contributed by atoms with E-state index in [1.807, 2.05) is 42.2 Å². The minimum atomic E-state index is 0.351. The summed E-state index contributed by atoms with van der Waals surface area (Å²) in [6.07, 6.45) is 1.85. The summed E-state index contributed by atoms with van der Waals surface area (Å²) in [7, 11) is 0. The van der Waals surface area contributed by atoms with Crippen molar-refractivity contribution in [1.82, 2.24) is 14.8 Å². The van der Waals surface area contributed by atoms with E-state index >= 15 is 0 Å². The van der Waals surface area contributed by atoms with Crippen LogP contribution in [0.5, 0.6) is 0 Å². The van der Waals surface area contributed by atoms with Crippen LogP contribution in [0.3, 0.4) is 0 Å². The highest BCUT2D eigenvalue weighted by Gasteiger charge is 2.32. The number of nitrogens with zero attached hydrogens (tertiary/aromatic N) is 3. The number of piperazine rings is 1. The van der Waals surface area contributed by atoms with Crippen molar-refractivity contribution < 1.29 is 0 Å². The average molecular weight is 487 g/mol. The summed E-state index contributed by atoms with van der Waals surface area (Å²) < 4.78 is 0. The van der Waals surface area contributed by atoms with Crippen LogP contribution in [0.4, 0.5) is 5.69 Å². The molecule has 2 aliphatic heterocycles. The van der Waals surface area contributed by atoms with Gasteiger partial charge in [0.15, 0.2) is 0 Å². The van der Waals surface area contributed by atoms with Gasteiger partial charge in [-0.2, -0.15) is 0 Å². The third-order valence-electron chi connectivity index (χ3n) is 6.87. The molecule has 0 saturated carbocycles. The third kappa shape index (κ3) is 4.29. The predicted molar refractivity (Wildman–Crippen MR) is 142 cm³/mol. The van der Waals surface area contributed by atoms with Crippen LogP contribution in [0.2, 0.25) is 5.02 Å². The van der Waals surface area contributed by atoms with Crippen molar-refractivity contribution in [1.29, 1.82) is 0 Å². The molecule has 1 aromatic heterocycles. The molecule has 3 heterocycles. The molecule has 4 aromatic rings. The van der Waals surface area contributed by atoms with Crippen molar-refractivity contribution in [3.8, 4) is 0 Å². The van der Waals surface area contributed by atoms with Crippen molar-refractivity contribution in [3.63, 3.8) is 0 Å². The Kier molecular flexibility index (Phi) is 6.18. The molecule has 1 N–H and O–H groups in total. The highest BCUT2D eigenvalue weighted by molar-refractivity contribution is 7.99. The number of pyridine rings is 1. The van der Waals surface area contributed by atoms with Crippen LogP contribution in [0.25, 0.3) is 10.9 Å². The molecule has 3 aromatic carbocycles.